The van der Waals surface area contributed by atoms with Gasteiger partial charge in [-0.1, -0.05) is 13.8 Å². The van der Waals surface area contributed by atoms with E-state index in [4.69, 9.17) is 4.84 Å². The molecule has 2 heteroatoms. The van der Waals surface area contributed by atoms with Crippen LogP contribution in [-0.4, -0.2) is 7.11 Å². The quantitative estimate of drug-likeness (QED) is 0.579. The highest BCUT2D eigenvalue weighted by atomic mass is 16.6. The normalized spacial score (nSPS) is 10.2. The maximum Gasteiger partial charge on any atom is 0.225 e. The van der Waals surface area contributed by atoms with Crippen LogP contribution in [0.3, 0.4) is 0 Å². The molecule has 60 valence electrons. The van der Waals surface area contributed by atoms with Crippen LogP contribution in [0.5, 0.6) is 0 Å². The van der Waals surface area contributed by atoms with E-state index in [-0.39, 0.29) is 0 Å². The van der Waals surface area contributed by atoms with Crippen molar-refractivity contribution >= 4 is 0 Å². The molecule has 0 fully saturated rings. The summed E-state index contributed by atoms with van der Waals surface area (Å²) >= 11 is 0. The molecular weight excluding hydrogens is 138 g/mol. The lowest BCUT2D eigenvalue weighted by Crippen LogP contribution is -2.39. The van der Waals surface area contributed by atoms with Gasteiger partial charge in [0.25, 0.3) is 0 Å². The lowest BCUT2D eigenvalue weighted by Gasteiger charge is -2.00. The molecule has 0 unspecified atom stereocenters. The van der Waals surface area contributed by atoms with Crippen molar-refractivity contribution in [2.45, 2.75) is 19.8 Å². The molecule has 2 nitrogen and oxygen atoms in total. The molecule has 0 atom stereocenters. The van der Waals surface area contributed by atoms with E-state index in [1.54, 1.807) is 11.8 Å². The Morgan fingerprint density at radius 1 is 1.45 bits per heavy atom. The lowest BCUT2D eigenvalue weighted by molar-refractivity contribution is -0.885. The van der Waals surface area contributed by atoms with Crippen LogP contribution in [0.4, 0.5) is 0 Å². The summed E-state index contributed by atoms with van der Waals surface area (Å²) in [4.78, 5) is 5.02. The standard InChI is InChI=1S/C9H14NO/c1-8(2)9-5-4-6-10(7-9)11-3/h4-8H,1-3H3/q+1. The first-order valence-corrected chi connectivity index (χ1v) is 3.79. The average molecular weight is 152 g/mol. The van der Waals surface area contributed by atoms with E-state index >= 15 is 0 Å². The largest absolute Gasteiger partial charge is 0.275 e. The van der Waals surface area contributed by atoms with Crippen molar-refractivity contribution in [1.82, 2.24) is 0 Å². The fraction of sp³-hybridized carbons (Fsp3) is 0.444. The van der Waals surface area contributed by atoms with Gasteiger partial charge < -0.3 is 0 Å². The monoisotopic (exact) mass is 152 g/mol. The van der Waals surface area contributed by atoms with E-state index in [1.807, 2.05) is 18.5 Å². The Hall–Kier alpha value is -1.05. The third kappa shape index (κ3) is 1.93. The number of rotatable bonds is 2. The molecule has 1 heterocycles. The van der Waals surface area contributed by atoms with Gasteiger partial charge in [-0.2, -0.15) is 0 Å². The lowest BCUT2D eigenvalue weighted by atomic mass is 10.1. The summed E-state index contributed by atoms with van der Waals surface area (Å²) in [6, 6.07) is 4.08. The molecule has 1 rings (SSSR count). The first kappa shape index (κ1) is 8.05. The summed E-state index contributed by atoms with van der Waals surface area (Å²) in [6.07, 6.45) is 3.87. The molecule has 11 heavy (non-hydrogen) atoms. The smallest absolute Gasteiger partial charge is 0.225 e. The molecule has 0 aliphatic rings. The van der Waals surface area contributed by atoms with Crippen LogP contribution < -0.4 is 9.57 Å². The molecule has 0 saturated carbocycles. The molecule has 0 aromatic carbocycles. The van der Waals surface area contributed by atoms with Gasteiger partial charge >= 0.3 is 0 Å². The number of pyridine rings is 1. The van der Waals surface area contributed by atoms with Crippen molar-refractivity contribution in [3.05, 3.63) is 30.1 Å². The van der Waals surface area contributed by atoms with Crippen LogP contribution in [0.25, 0.3) is 0 Å². The van der Waals surface area contributed by atoms with Crippen molar-refractivity contribution < 1.29 is 9.57 Å². The van der Waals surface area contributed by atoms with Crippen LogP contribution in [0.15, 0.2) is 24.5 Å². The fourth-order valence-corrected chi connectivity index (χ4v) is 0.927. The Labute approximate surface area is 67.4 Å². The highest BCUT2D eigenvalue weighted by Gasteiger charge is 2.04. The Kier molecular flexibility index (Phi) is 2.47. The molecule has 1 aromatic rings. The first-order chi connectivity index (χ1) is 5.24. The van der Waals surface area contributed by atoms with Crippen LogP contribution in [0.2, 0.25) is 0 Å². The Balaban J connectivity index is 2.91. The second-order valence-corrected chi connectivity index (χ2v) is 2.83. The van der Waals surface area contributed by atoms with E-state index in [0.29, 0.717) is 5.92 Å². The van der Waals surface area contributed by atoms with E-state index in [9.17, 15) is 0 Å². The van der Waals surface area contributed by atoms with Gasteiger partial charge in [-0.3, -0.25) is 4.84 Å². The van der Waals surface area contributed by atoms with Crippen LogP contribution >= 0.6 is 0 Å². The van der Waals surface area contributed by atoms with Crippen LogP contribution in [0, 0.1) is 0 Å². The third-order valence-corrected chi connectivity index (χ3v) is 1.68. The number of nitrogens with zero attached hydrogens (tertiary/aromatic N) is 1. The van der Waals surface area contributed by atoms with Gasteiger partial charge in [0.1, 0.15) is 7.11 Å². The molecule has 1 aromatic heterocycles. The molecule has 0 aliphatic heterocycles. The Morgan fingerprint density at radius 3 is 2.73 bits per heavy atom. The van der Waals surface area contributed by atoms with Gasteiger partial charge in [-0.05, 0) is 12.0 Å². The molecule has 0 radical (unpaired) electrons. The van der Waals surface area contributed by atoms with Gasteiger partial charge in [0.15, 0.2) is 0 Å². The van der Waals surface area contributed by atoms with Crippen molar-refractivity contribution in [2.75, 3.05) is 7.11 Å². The van der Waals surface area contributed by atoms with E-state index in [0.717, 1.165) is 0 Å². The minimum atomic E-state index is 0.553. The molecule has 0 spiro atoms. The van der Waals surface area contributed by atoms with Crippen molar-refractivity contribution in [3.8, 4) is 0 Å². The topological polar surface area (TPSA) is 13.1 Å². The van der Waals surface area contributed by atoms with Crippen molar-refractivity contribution in [3.63, 3.8) is 0 Å². The fourth-order valence-electron chi connectivity index (χ4n) is 0.927. The molecule has 0 N–H and O–H groups in total. The van der Waals surface area contributed by atoms with Gasteiger partial charge in [-0.25, -0.2) is 0 Å². The second kappa shape index (κ2) is 3.37. The van der Waals surface area contributed by atoms with Crippen LogP contribution in [-0.2, 0) is 0 Å². The summed E-state index contributed by atoms with van der Waals surface area (Å²) in [5, 5.41) is 0. The van der Waals surface area contributed by atoms with Gasteiger partial charge in [0, 0.05) is 16.4 Å². The van der Waals surface area contributed by atoms with Crippen LogP contribution in [0.1, 0.15) is 25.3 Å². The highest BCUT2D eigenvalue weighted by molar-refractivity contribution is 5.09. The van der Waals surface area contributed by atoms with E-state index in [2.05, 4.69) is 19.9 Å². The third-order valence-electron chi connectivity index (χ3n) is 1.68. The molecular formula is C9H14NO+. The number of hydrogen-bond donors (Lipinski definition) is 0. The van der Waals surface area contributed by atoms with Gasteiger partial charge in [-0.15, -0.1) is 0 Å². The maximum absolute atomic E-state index is 5.02. The summed E-state index contributed by atoms with van der Waals surface area (Å²) in [5.41, 5.74) is 1.29. The number of aromatic nitrogens is 1. The van der Waals surface area contributed by atoms with E-state index < -0.39 is 0 Å². The highest BCUT2D eigenvalue weighted by Crippen LogP contribution is 2.09. The molecule has 0 aliphatic carbocycles. The molecule has 0 bridgehead atoms. The average Bonchev–Trinajstić information content (AvgIpc) is 2.05. The Bertz CT molecular complexity index is 233. The minimum absolute atomic E-state index is 0.553. The summed E-state index contributed by atoms with van der Waals surface area (Å²) in [6.45, 7) is 4.32. The minimum Gasteiger partial charge on any atom is -0.275 e. The second-order valence-electron chi connectivity index (χ2n) is 2.83. The van der Waals surface area contributed by atoms with Crippen molar-refractivity contribution in [2.24, 2.45) is 0 Å². The zero-order valence-electron chi connectivity index (χ0n) is 7.24. The molecule has 0 amide bonds. The molecule has 0 saturated heterocycles. The maximum atomic E-state index is 5.02. The number of hydrogen-bond acceptors (Lipinski definition) is 1. The van der Waals surface area contributed by atoms with Gasteiger partial charge in [0.2, 0.25) is 12.4 Å². The zero-order chi connectivity index (χ0) is 8.27. The first-order valence-electron chi connectivity index (χ1n) is 3.79. The summed E-state index contributed by atoms with van der Waals surface area (Å²) < 4.78 is 1.70. The van der Waals surface area contributed by atoms with Gasteiger partial charge in [0.05, 0.1) is 0 Å². The summed E-state index contributed by atoms with van der Waals surface area (Å²) in [5.74, 6) is 0.553. The predicted octanol–water partition coefficient (Wildman–Crippen LogP) is 1.16. The van der Waals surface area contributed by atoms with E-state index in [1.165, 1.54) is 5.56 Å². The predicted molar refractivity (Wildman–Crippen MR) is 43.2 cm³/mol. The van der Waals surface area contributed by atoms with Crippen molar-refractivity contribution in [1.29, 1.82) is 0 Å². The zero-order valence-corrected chi connectivity index (χ0v) is 7.24. The SMILES string of the molecule is CO[n+]1cccc(C(C)C)c1. The summed E-state index contributed by atoms with van der Waals surface area (Å²) in [7, 11) is 1.66. The Morgan fingerprint density at radius 2 is 2.18 bits per heavy atom.